The lowest BCUT2D eigenvalue weighted by Crippen LogP contribution is -2.09. The second kappa shape index (κ2) is 10.5. The average Bonchev–Trinajstić information content (AvgIpc) is 2.98. The Bertz CT molecular complexity index is 676. The normalized spacial score (nSPS) is 10.7. The fourth-order valence-electron chi connectivity index (χ4n) is 2.66. The largest absolute Gasteiger partial charge is 0.446 e. The molecule has 2 aromatic carbocycles. The summed E-state index contributed by atoms with van der Waals surface area (Å²) < 4.78 is 5.15. The molecule has 0 radical (unpaired) electrons. The summed E-state index contributed by atoms with van der Waals surface area (Å²) in [6, 6.07) is 16.3. The second-order valence-corrected chi connectivity index (χ2v) is 4.69. The maximum Gasteiger partial charge on any atom is 0.442 e. The first-order valence-electron chi connectivity index (χ1n) is 8.24. The van der Waals surface area contributed by atoms with Crippen molar-refractivity contribution in [2.24, 2.45) is 4.99 Å². The van der Waals surface area contributed by atoms with E-state index in [4.69, 9.17) is 4.74 Å². The highest BCUT2D eigenvalue weighted by atomic mass is 32.1. The average molecular weight is 341 g/mol. The SMILES string of the molecule is CC.CC.O=C(N=C=S)OCC1c2ccccc2-c2ccccc21. The predicted octanol–water partition coefficient (Wildman–Crippen LogP) is 6.09. The number of thiocarbonyl (C=S) groups is 1. The number of isothiocyanates is 1. The molecule has 0 aliphatic heterocycles. The molecule has 24 heavy (non-hydrogen) atoms. The minimum absolute atomic E-state index is 0.0478. The van der Waals surface area contributed by atoms with Crippen LogP contribution in [0.25, 0.3) is 11.1 Å². The number of carbonyl (C=O) groups is 1. The molecule has 1 aliphatic rings. The summed E-state index contributed by atoms with van der Waals surface area (Å²) in [5, 5.41) is 2.01. The highest BCUT2D eigenvalue weighted by Crippen LogP contribution is 2.44. The zero-order chi connectivity index (χ0) is 17.9. The van der Waals surface area contributed by atoms with Gasteiger partial charge in [0.2, 0.25) is 0 Å². The Balaban J connectivity index is 0.000000671. The van der Waals surface area contributed by atoms with Gasteiger partial charge < -0.3 is 4.74 Å². The van der Waals surface area contributed by atoms with E-state index in [1.807, 2.05) is 57.1 Å². The van der Waals surface area contributed by atoms with Crippen molar-refractivity contribution >= 4 is 23.5 Å². The molecule has 3 rings (SSSR count). The minimum atomic E-state index is -0.693. The maximum atomic E-state index is 11.3. The van der Waals surface area contributed by atoms with E-state index in [-0.39, 0.29) is 12.5 Å². The van der Waals surface area contributed by atoms with Gasteiger partial charge in [-0.05, 0) is 34.5 Å². The van der Waals surface area contributed by atoms with Gasteiger partial charge in [0.05, 0.1) is 5.16 Å². The fourth-order valence-corrected chi connectivity index (χ4v) is 2.74. The molecule has 0 spiro atoms. The van der Waals surface area contributed by atoms with Crippen molar-refractivity contribution in [2.45, 2.75) is 33.6 Å². The Hall–Kier alpha value is -2.29. The first-order chi connectivity index (χ1) is 11.8. The van der Waals surface area contributed by atoms with Crippen LogP contribution in [0.2, 0.25) is 0 Å². The van der Waals surface area contributed by atoms with Crippen LogP contribution in [-0.2, 0) is 4.74 Å². The van der Waals surface area contributed by atoms with Crippen LogP contribution < -0.4 is 0 Å². The van der Waals surface area contributed by atoms with Crippen LogP contribution in [0.1, 0.15) is 44.7 Å². The molecule has 3 nitrogen and oxygen atoms in total. The molecule has 4 heteroatoms. The van der Waals surface area contributed by atoms with Crippen LogP contribution >= 0.6 is 12.2 Å². The topological polar surface area (TPSA) is 38.7 Å². The summed E-state index contributed by atoms with van der Waals surface area (Å²) >= 11 is 4.39. The molecule has 0 fully saturated rings. The molecule has 126 valence electrons. The number of nitrogens with zero attached hydrogens (tertiary/aromatic N) is 1. The van der Waals surface area contributed by atoms with E-state index in [0.29, 0.717) is 0 Å². The van der Waals surface area contributed by atoms with Crippen molar-refractivity contribution in [2.75, 3.05) is 6.61 Å². The fraction of sp³-hybridized carbons (Fsp3) is 0.300. The van der Waals surface area contributed by atoms with Gasteiger partial charge in [-0.2, -0.15) is 0 Å². The lowest BCUT2D eigenvalue weighted by Gasteiger charge is -2.12. The molecular weight excluding hydrogens is 318 g/mol. The number of fused-ring (bicyclic) bond motifs is 3. The highest BCUT2D eigenvalue weighted by Gasteiger charge is 2.28. The van der Waals surface area contributed by atoms with Gasteiger partial charge in [-0.15, -0.1) is 4.99 Å². The first-order valence-corrected chi connectivity index (χ1v) is 8.65. The molecule has 0 bridgehead atoms. The smallest absolute Gasteiger partial charge is 0.442 e. The zero-order valence-corrected chi connectivity index (χ0v) is 15.4. The highest BCUT2D eigenvalue weighted by molar-refractivity contribution is 7.78. The number of hydrogen-bond donors (Lipinski definition) is 0. The van der Waals surface area contributed by atoms with Gasteiger partial charge in [-0.25, -0.2) is 4.79 Å². The second-order valence-electron chi connectivity index (χ2n) is 4.51. The molecule has 0 saturated carbocycles. The quantitative estimate of drug-likeness (QED) is 0.490. The van der Waals surface area contributed by atoms with Crippen molar-refractivity contribution < 1.29 is 9.53 Å². The number of hydrogen-bond acceptors (Lipinski definition) is 3. The Kier molecular flexibility index (Phi) is 8.63. The van der Waals surface area contributed by atoms with Crippen LogP contribution in [0.4, 0.5) is 4.79 Å². The standard InChI is InChI=1S/C16H11NO2S.2C2H6/c18-16(17-10-20)19-9-15-13-7-3-1-5-11(13)12-6-2-4-8-14(12)15;2*1-2/h1-8,15H,9H2;2*1-2H3. The van der Waals surface area contributed by atoms with E-state index in [1.165, 1.54) is 22.3 Å². The Labute approximate surface area is 149 Å². The van der Waals surface area contributed by atoms with Gasteiger partial charge in [0.15, 0.2) is 0 Å². The molecule has 1 aliphatic carbocycles. The lowest BCUT2D eigenvalue weighted by molar-refractivity contribution is 0.154. The van der Waals surface area contributed by atoms with Gasteiger partial charge in [0.1, 0.15) is 6.61 Å². The van der Waals surface area contributed by atoms with E-state index in [0.717, 1.165) is 0 Å². The van der Waals surface area contributed by atoms with Crippen molar-refractivity contribution in [1.29, 1.82) is 0 Å². The molecular formula is C20H23NO2S. The van der Waals surface area contributed by atoms with E-state index < -0.39 is 6.09 Å². The molecule has 0 heterocycles. The zero-order valence-electron chi connectivity index (χ0n) is 14.6. The third-order valence-electron chi connectivity index (χ3n) is 3.47. The summed E-state index contributed by atoms with van der Waals surface area (Å²) in [6.45, 7) is 8.26. The molecule has 0 N–H and O–H groups in total. The summed E-state index contributed by atoms with van der Waals surface area (Å²) in [5.41, 5.74) is 4.74. The van der Waals surface area contributed by atoms with Gasteiger partial charge in [0, 0.05) is 5.92 Å². The summed E-state index contributed by atoms with van der Waals surface area (Å²) in [7, 11) is 0. The molecule has 0 saturated heterocycles. The Morgan fingerprint density at radius 1 is 1.00 bits per heavy atom. The van der Waals surface area contributed by atoms with Crippen molar-refractivity contribution in [3.8, 4) is 11.1 Å². The molecule has 0 aromatic heterocycles. The van der Waals surface area contributed by atoms with Gasteiger partial charge in [-0.3, -0.25) is 0 Å². The van der Waals surface area contributed by atoms with E-state index >= 15 is 0 Å². The van der Waals surface area contributed by atoms with Crippen LogP contribution in [0.5, 0.6) is 0 Å². The van der Waals surface area contributed by atoms with Crippen molar-refractivity contribution in [3.05, 3.63) is 59.7 Å². The molecule has 1 amide bonds. The van der Waals surface area contributed by atoms with Crippen LogP contribution in [0, 0.1) is 0 Å². The molecule has 2 aromatic rings. The van der Waals surface area contributed by atoms with Gasteiger partial charge in [-0.1, -0.05) is 76.2 Å². The minimum Gasteiger partial charge on any atom is -0.446 e. The van der Waals surface area contributed by atoms with Crippen LogP contribution in [-0.4, -0.2) is 17.9 Å². The summed E-state index contributed by atoms with van der Waals surface area (Å²) in [4.78, 5) is 14.6. The van der Waals surface area contributed by atoms with Crippen molar-refractivity contribution in [3.63, 3.8) is 0 Å². The van der Waals surface area contributed by atoms with Gasteiger partial charge >= 0.3 is 6.09 Å². The number of ether oxygens (including phenoxy) is 1. The number of rotatable bonds is 2. The van der Waals surface area contributed by atoms with Crippen LogP contribution in [0.3, 0.4) is 0 Å². The molecule has 0 unspecified atom stereocenters. The molecule has 0 atom stereocenters. The lowest BCUT2D eigenvalue weighted by atomic mass is 9.98. The number of amides is 1. The number of aliphatic imine (C=N–C) groups is 1. The third kappa shape index (κ3) is 4.38. The number of benzene rings is 2. The number of carbonyl (C=O) groups excluding carboxylic acids is 1. The first kappa shape index (κ1) is 19.8. The monoisotopic (exact) mass is 341 g/mol. The van der Waals surface area contributed by atoms with E-state index in [1.54, 1.807) is 0 Å². The van der Waals surface area contributed by atoms with E-state index in [9.17, 15) is 4.79 Å². The Morgan fingerprint density at radius 3 is 1.92 bits per heavy atom. The summed E-state index contributed by atoms with van der Waals surface area (Å²) in [5.74, 6) is 0.0478. The Morgan fingerprint density at radius 2 is 1.46 bits per heavy atom. The van der Waals surface area contributed by atoms with Crippen molar-refractivity contribution in [1.82, 2.24) is 0 Å². The maximum absolute atomic E-state index is 11.3. The van der Waals surface area contributed by atoms with E-state index in [2.05, 4.69) is 41.5 Å². The summed E-state index contributed by atoms with van der Waals surface area (Å²) in [6.07, 6.45) is -0.693. The van der Waals surface area contributed by atoms with Crippen LogP contribution in [0.15, 0.2) is 53.5 Å². The predicted molar refractivity (Wildman–Crippen MR) is 103 cm³/mol. The van der Waals surface area contributed by atoms with Gasteiger partial charge in [0.25, 0.3) is 0 Å². The third-order valence-corrected chi connectivity index (χ3v) is 3.56.